The first kappa shape index (κ1) is 23.5. The Kier molecular flexibility index (Phi) is 6.98. The van der Waals surface area contributed by atoms with Crippen molar-refractivity contribution in [1.82, 2.24) is 5.16 Å². The Morgan fingerprint density at radius 3 is 2.44 bits per heavy atom. The van der Waals surface area contributed by atoms with Gasteiger partial charge in [-0.1, -0.05) is 11.2 Å². The maximum atomic E-state index is 14.7. The summed E-state index contributed by atoms with van der Waals surface area (Å²) in [6, 6.07) is 6.82. The molecule has 1 N–H and O–H groups in total. The molecule has 0 aliphatic heterocycles. The Hall–Kier alpha value is -3.20. The molecule has 2 aromatic carbocycles. The van der Waals surface area contributed by atoms with Crippen LogP contribution in [0.5, 0.6) is 0 Å². The van der Waals surface area contributed by atoms with Gasteiger partial charge in [-0.25, -0.2) is 8.78 Å². The zero-order chi connectivity index (χ0) is 23.6. The van der Waals surface area contributed by atoms with Crippen LogP contribution in [0.2, 0.25) is 0 Å². The lowest BCUT2D eigenvalue weighted by Crippen LogP contribution is -2.08. The van der Waals surface area contributed by atoms with Gasteiger partial charge in [-0.3, -0.25) is 14.6 Å². The van der Waals surface area contributed by atoms with Gasteiger partial charge in [0.05, 0.1) is 16.9 Å². The number of Topliss-reactive ketones (excluding diaryl/α,β-unsaturated/α-hetero) is 1. The van der Waals surface area contributed by atoms with Crippen molar-refractivity contribution in [3.05, 3.63) is 63.5 Å². The van der Waals surface area contributed by atoms with Crippen LogP contribution >= 0.6 is 15.9 Å². The summed E-state index contributed by atoms with van der Waals surface area (Å²) in [5.41, 5.74) is 2.36. The Balaban J connectivity index is 1.83. The first-order valence-electron chi connectivity index (χ1n) is 9.63. The second kappa shape index (κ2) is 9.52. The van der Waals surface area contributed by atoms with Crippen molar-refractivity contribution in [2.45, 2.75) is 34.1 Å². The van der Waals surface area contributed by atoms with E-state index in [1.807, 2.05) is 0 Å². The van der Waals surface area contributed by atoms with Crippen LogP contribution in [-0.4, -0.2) is 22.6 Å². The van der Waals surface area contributed by atoms with E-state index >= 15 is 0 Å². The molecule has 0 spiro atoms. The van der Waals surface area contributed by atoms with E-state index in [0.717, 1.165) is 0 Å². The Morgan fingerprint density at radius 1 is 1.12 bits per heavy atom. The molecule has 3 aromatic rings. The van der Waals surface area contributed by atoms with Crippen LogP contribution in [0.3, 0.4) is 0 Å². The third-order valence-electron chi connectivity index (χ3n) is 4.67. The molecule has 0 aliphatic carbocycles. The second-order valence-corrected chi connectivity index (χ2v) is 8.16. The number of hydrogen-bond donors (Lipinski definition) is 1. The number of halogens is 3. The number of nitrogens with zero attached hydrogens (tertiary/aromatic N) is 2. The summed E-state index contributed by atoms with van der Waals surface area (Å²) in [5, 5.41) is 6.42. The van der Waals surface area contributed by atoms with Gasteiger partial charge in [0.25, 0.3) is 0 Å². The largest absolute Gasteiger partial charge is 0.361 e. The topological polar surface area (TPSA) is 84.6 Å². The van der Waals surface area contributed by atoms with Crippen molar-refractivity contribution in [3.63, 3.8) is 0 Å². The van der Waals surface area contributed by atoms with Crippen LogP contribution in [-0.2, 0) is 4.79 Å². The summed E-state index contributed by atoms with van der Waals surface area (Å²) in [7, 11) is 0. The molecule has 0 saturated carbocycles. The first-order chi connectivity index (χ1) is 15.1. The molecule has 32 heavy (non-hydrogen) atoms. The summed E-state index contributed by atoms with van der Waals surface area (Å²) >= 11 is 3.17. The van der Waals surface area contributed by atoms with Gasteiger partial charge in [-0.05, 0) is 66.5 Å². The van der Waals surface area contributed by atoms with Crippen LogP contribution in [0.1, 0.15) is 42.1 Å². The van der Waals surface area contributed by atoms with E-state index < -0.39 is 17.4 Å². The predicted octanol–water partition coefficient (Wildman–Crippen LogP) is 6.32. The van der Waals surface area contributed by atoms with Gasteiger partial charge in [0, 0.05) is 29.1 Å². The van der Waals surface area contributed by atoms with E-state index in [1.54, 1.807) is 26.8 Å². The highest BCUT2D eigenvalue weighted by atomic mass is 79.9. The van der Waals surface area contributed by atoms with E-state index in [4.69, 9.17) is 4.52 Å². The second-order valence-electron chi connectivity index (χ2n) is 7.31. The third-order valence-corrected chi connectivity index (χ3v) is 5.32. The summed E-state index contributed by atoms with van der Waals surface area (Å²) in [5.74, 6) is -1.57. The van der Waals surface area contributed by atoms with Gasteiger partial charge >= 0.3 is 0 Å². The predicted molar refractivity (Wildman–Crippen MR) is 121 cm³/mol. The van der Waals surface area contributed by atoms with Gasteiger partial charge in [0.15, 0.2) is 5.78 Å². The number of aliphatic imine (C=N–C) groups is 1. The number of hydrogen-bond acceptors (Lipinski definition) is 5. The summed E-state index contributed by atoms with van der Waals surface area (Å²) in [6.07, 6.45) is -0.202. The Morgan fingerprint density at radius 2 is 1.84 bits per heavy atom. The maximum Gasteiger partial charge on any atom is 0.221 e. The minimum atomic E-state index is -0.678. The molecule has 0 unspecified atom stereocenters. The van der Waals surface area contributed by atoms with Crippen LogP contribution in [0.25, 0.3) is 11.1 Å². The van der Waals surface area contributed by atoms with Crippen LogP contribution in [0.4, 0.5) is 20.2 Å². The van der Waals surface area contributed by atoms with E-state index in [1.165, 1.54) is 31.2 Å². The normalized spacial score (nSPS) is 11.5. The van der Waals surface area contributed by atoms with Crippen LogP contribution < -0.4 is 5.32 Å². The SMILES string of the molecule is CC(=O)Nc1cc(N=C(C)CC(=O)c2ccc(-c3c(C)noc3C)cc2F)c(F)cc1Br. The summed E-state index contributed by atoms with van der Waals surface area (Å²) in [6.45, 7) is 6.35. The van der Waals surface area contributed by atoms with E-state index in [9.17, 15) is 18.4 Å². The van der Waals surface area contributed by atoms with E-state index in [0.29, 0.717) is 38.5 Å². The van der Waals surface area contributed by atoms with Crippen molar-refractivity contribution in [3.8, 4) is 11.1 Å². The van der Waals surface area contributed by atoms with Gasteiger partial charge < -0.3 is 9.84 Å². The average molecular weight is 504 g/mol. The zero-order valence-electron chi connectivity index (χ0n) is 17.8. The Bertz CT molecular complexity index is 1230. The van der Waals surface area contributed by atoms with Crippen molar-refractivity contribution in [1.29, 1.82) is 0 Å². The zero-order valence-corrected chi connectivity index (χ0v) is 19.4. The average Bonchev–Trinajstić information content (AvgIpc) is 3.03. The number of benzene rings is 2. The number of rotatable bonds is 6. The van der Waals surface area contributed by atoms with Crippen molar-refractivity contribution in [2.75, 3.05) is 5.32 Å². The molecular weight excluding hydrogens is 484 g/mol. The molecule has 0 saturated heterocycles. The quantitative estimate of drug-likeness (QED) is 0.315. The lowest BCUT2D eigenvalue weighted by Gasteiger charge is -2.09. The van der Waals surface area contributed by atoms with Gasteiger partial charge in [0.2, 0.25) is 5.91 Å². The highest BCUT2D eigenvalue weighted by Gasteiger charge is 2.18. The number of carbonyl (C=O) groups is 2. The number of anilines is 1. The number of nitrogens with one attached hydrogen (secondary N) is 1. The molecule has 166 valence electrons. The minimum absolute atomic E-state index is 0.0449. The molecule has 0 bridgehead atoms. The lowest BCUT2D eigenvalue weighted by atomic mass is 9.99. The van der Waals surface area contributed by atoms with E-state index in [2.05, 4.69) is 31.4 Å². The number of amides is 1. The molecule has 0 atom stereocenters. The molecule has 3 rings (SSSR count). The van der Waals surface area contributed by atoms with Crippen molar-refractivity contribution < 1.29 is 22.9 Å². The van der Waals surface area contributed by atoms with Crippen molar-refractivity contribution >= 4 is 44.7 Å². The molecule has 0 fully saturated rings. The van der Waals surface area contributed by atoms with E-state index in [-0.39, 0.29) is 23.6 Å². The lowest BCUT2D eigenvalue weighted by molar-refractivity contribution is -0.114. The Labute approximate surface area is 191 Å². The molecule has 9 heteroatoms. The number of aromatic nitrogens is 1. The van der Waals surface area contributed by atoms with Gasteiger partial charge in [-0.2, -0.15) is 0 Å². The molecule has 1 aromatic heterocycles. The highest BCUT2D eigenvalue weighted by Crippen LogP contribution is 2.31. The number of aryl methyl sites for hydroxylation is 2. The molecule has 6 nitrogen and oxygen atoms in total. The third kappa shape index (κ3) is 5.16. The first-order valence-corrected chi connectivity index (χ1v) is 10.4. The van der Waals surface area contributed by atoms with Gasteiger partial charge in [-0.15, -0.1) is 0 Å². The molecule has 1 heterocycles. The highest BCUT2D eigenvalue weighted by molar-refractivity contribution is 9.10. The maximum absolute atomic E-state index is 14.7. The fourth-order valence-electron chi connectivity index (χ4n) is 3.27. The van der Waals surface area contributed by atoms with Gasteiger partial charge in [0.1, 0.15) is 23.1 Å². The molecular formula is C23H20BrF2N3O3. The van der Waals surface area contributed by atoms with Crippen molar-refractivity contribution in [2.24, 2.45) is 4.99 Å². The summed E-state index contributed by atoms with van der Waals surface area (Å²) < 4.78 is 34.5. The molecule has 0 radical (unpaired) electrons. The molecule has 1 amide bonds. The fourth-order valence-corrected chi connectivity index (χ4v) is 3.69. The number of carbonyl (C=O) groups excluding carboxylic acids is 2. The number of ketones is 1. The van der Waals surface area contributed by atoms with Crippen LogP contribution in [0.15, 0.2) is 44.3 Å². The molecule has 0 aliphatic rings. The standard InChI is InChI=1S/C23H20BrF2N3O3/c1-11(27-21-10-20(28-14(4)30)17(24)9-19(21)26)7-22(31)16-6-5-15(8-18(16)25)23-12(2)29-32-13(23)3/h5-6,8-10H,7H2,1-4H3,(H,28,30). The van der Waals surface area contributed by atoms with Crippen LogP contribution in [0, 0.1) is 25.5 Å². The smallest absolute Gasteiger partial charge is 0.221 e. The monoisotopic (exact) mass is 503 g/mol. The summed E-state index contributed by atoms with van der Waals surface area (Å²) in [4.78, 5) is 28.1. The fraction of sp³-hybridized carbons (Fsp3) is 0.217. The minimum Gasteiger partial charge on any atom is -0.361 e.